The molecule has 0 bridgehead atoms. The van der Waals surface area contributed by atoms with E-state index in [1.807, 2.05) is 19.2 Å². The van der Waals surface area contributed by atoms with Crippen molar-refractivity contribution in [3.05, 3.63) is 35.4 Å². The summed E-state index contributed by atoms with van der Waals surface area (Å²) in [6.45, 7) is 5.29. The van der Waals surface area contributed by atoms with Crippen molar-refractivity contribution < 1.29 is 23.9 Å². The number of amides is 4. The minimum absolute atomic E-state index is 0.349. The maximum absolute atomic E-state index is 12.5. The van der Waals surface area contributed by atoms with Gasteiger partial charge in [0.05, 0.1) is 0 Å². The van der Waals surface area contributed by atoms with Crippen molar-refractivity contribution in [2.24, 2.45) is 0 Å². The average Bonchev–Trinajstić information content (AvgIpc) is 2.64. The Kier molecular flexibility index (Phi) is 10.1. The van der Waals surface area contributed by atoms with Gasteiger partial charge in [0.2, 0.25) is 0 Å². The second kappa shape index (κ2) is 12.0. The predicted molar refractivity (Wildman–Crippen MR) is 108 cm³/mol. The summed E-state index contributed by atoms with van der Waals surface area (Å²) in [4.78, 5) is 48.3. The van der Waals surface area contributed by atoms with Crippen molar-refractivity contribution in [2.75, 3.05) is 18.6 Å². The highest BCUT2D eigenvalue weighted by Crippen LogP contribution is 2.08. The van der Waals surface area contributed by atoms with Gasteiger partial charge < -0.3 is 15.4 Å². The standard InChI is InChI=1S/C19H27N3O5S/c1-5-20-19(26)22-16(23)13(3)27-18(25)15(9-10-28-4)21-17(24)14-8-6-7-12(2)11-14/h6-8,11,13,15H,5,9-10H2,1-4H3,(H,21,24)(H2,20,22,23,26). The van der Waals surface area contributed by atoms with Crippen LogP contribution in [-0.4, -0.2) is 54.5 Å². The van der Waals surface area contributed by atoms with E-state index in [1.165, 1.54) is 18.7 Å². The molecule has 0 aromatic heterocycles. The number of ether oxygens (including phenoxy) is 1. The van der Waals surface area contributed by atoms with Crippen LogP contribution in [0.1, 0.15) is 36.2 Å². The highest BCUT2D eigenvalue weighted by molar-refractivity contribution is 7.98. The topological polar surface area (TPSA) is 114 Å². The number of urea groups is 1. The van der Waals surface area contributed by atoms with Crippen molar-refractivity contribution in [3.8, 4) is 0 Å². The van der Waals surface area contributed by atoms with E-state index in [2.05, 4.69) is 16.0 Å². The molecule has 0 saturated heterocycles. The van der Waals surface area contributed by atoms with Gasteiger partial charge in [-0.3, -0.25) is 14.9 Å². The molecule has 0 spiro atoms. The molecule has 3 N–H and O–H groups in total. The van der Waals surface area contributed by atoms with Gasteiger partial charge in [0, 0.05) is 12.1 Å². The Hall–Kier alpha value is -2.55. The average molecular weight is 410 g/mol. The lowest BCUT2D eigenvalue weighted by atomic mass is 10.1. The molecule has 0 fully saturated rings. The zero-order chi connectivity index (χ0) is 21.1. The van der Waals surface area contributed by atoms with Crippen LogP contribution in [0.5, 0.6) is 0 Å². The van der Waals surface area contributed by atoms with Crippen LogP contribution in [0.2, 0.25) is 0 Å². The third kappa shape index (κ3) is 7.99. The normalized spacial score (nSPS) is 12.4. The van der Waals surface area contributed by atoms with E-state index in [0.29, 0.717) is 24.3 Å². The minimum Gasteiger partial charge on any atom is -0.451 e. The largest absolute Gasteiger partial charge is 0.451 e. The van der Waals surface area contributed by atoms with Crippen LogP contribution in [0.4, 0.5) is 4.79 Å². The van der Waals surface area contributed by atoms with Crippen LogP contribution in [0.15, 0.2) is 24.3 Å². The molecular weight excluding hydrogens is 382 g/mol. The summed E-state index contributed by atoms with van der Waals surface area (Å²) in [5, 5.41) is 7.16. The third-order valence-corrected chi connectivity index (χ3v) is 4.36. The van der Waals surface area contributed by atoms with E-state index in [9.17, 15) is 19.2 Å². The van der Waals surface area contributed by atoms with Crippen LogP contribution in [0.3, 0.4) is 0 Å². The van der Waals surface area contributed by atoms with E-state index in [0.717, 1.165) is 5.56 Å². The first kappa shape index (κ1) is 23.5. The number of rotatable bonds is 9. The lowest BCUT2D eigenvalue weighted by Crippen LogP contribution is -2.47. The van der Waals surface area contributed by atoms with Crippen LogP contribution in [-0.2, 0) is 14.3 Å². The summed E-state index contributed by atoms with van der Waals surface area (Å²) in [6, 6.07) is 5.43. The number of carbonyl (C=O) groups excluding carboxylic acids is 4. The van der Waals surface area contributed by atoms with Gasteiger partial charge in [0.25, 0.3) is 11.8 Å². The van der Waals surface area contributed by atoms with Gasteiger partial charge in [-0.15, -0.1) is 0 Å². The molecule has 0 aliphatic heterocycles. The fourth-order valence-corrected chi connectivity index (χ4v) is 2.71. The Morgan fingerprint density at radius 3 is 2.54 bits per heavy atom. The summed E-state index contributed by atoms with van der Waals surface area (Å²) < 4.78 is 5.16. The second-order valence-electron chi connectivity index (χ2n) is 6.10. The molecule has 0 heterocycles. The lowest BCUT2D eigenvalue weighted by molar-refractivity contribution is -0.156. The van der Waals surface area contributed by atoms with Gasteiger partial charge >= 0.3 is 12.0 Å². The first-order chi connectivity index (χ1) is 13.3. The third-order valence-electron chi connectivity index (χ3n) is 3.72. The molecule has 1 aromatic rings. The fourth-order valence-electron chi connectivity index (χ4n) is 2.24. The maximum Gasteiger partial charge on any atom is 0.329 e. The van der Waals surface area contributed by atoms with Gasteiger partial charge in [0.15, 0.2) is 6.10 Å². The molecule has 154 valence electrons. The Balaban J connectivity index is 2.74. The molecular formula is C19H27N3O5S. The van der Waals surface area contributed by atoms with Crippen LogP contribution >= 0.6 is 11.8 Å². The molecule has 2 unspecified atom stereocenters. The molecule has 4 amide bonds. The Morgan fingerprint density at radius 1 is 1.21 bits per heavy atom. The fraction of sp³-hybridized carbons (Fsp3) is 0.474. The zero-order valence-corrected chi connectivity index (χ0v) is 17.4. The van der Waals surface area contributed by atoms with E-state index < -0.39 is 36.0 Å². The van der Waals surface area contributed by atoms with E-state index >= 15 is 0 Å². The molecule has 2 atom stereocenters. The number of thioether (sulfide) groups is 1. The highest BCUT2D eigenvalue weighted by Gasteiger charge is 2.27. The molecule has 0 aliphatic rings. The van der Waals surface area contributed by atoms with Crippen LogP contribution in [0, 0.1) is 6.92 Å². The van der Waals surface area contributed by atoms with Crippen molar-refractivity contribution in [1.29, 1.82) is 0 Å². The second-order valence-corrected chi connectivity index (χ2v) is 7.09. The van der Waals surface area contributed by atoms with E-state index in [4.69, 9.17) is 4.74 Å². The molecule has 9 heteroatoms. The number of carbonyl (C=O) groups is 4. The van der Waals surface area contributed by atoms with Crippen molar-refractivity contribution in [2.45, 2.75) is 39.3 Å². The van der Waals surface area contributed by atoms with Crippen LogP contribution < -0.4 is 16.0 Å². The number of benzene rings is 1. The number of aryl methyl sites for hydroxylation is 1. The Labute approximate surface area is 169 Å². The first-order valence-electron chi connectivity index (χ1n) is 8.94. The SMILES string of the molecule is CCNC(=O)NC(=O)C(C)OC(=O)C(CCSC)NC(=O)c1cccc(C)c1. The maximum atomic E-state index is 12.5. The van der Waals surface area contributed by atoms with Crippen molar-refractivity contribution in [1.82, 2.24) is 16.0 Å². The van der Waals surface area contributed by atoms with Gasteiger partial charge in [-0.2, -0.15) is 11.8 Å². The number of hydrogen-bond acceptors (Lipinski definition) is 6. The van der Waals surface area contributed by atoms with Crippen molar-refractivity contribution >= 4 is 35.6 Å². The van der Waals surface area contributed by atoms with Crippen LogP contribution in [0.25, 0.3) is 0 Å². The summed E-state index contributed by atoms with van der Waals surface area (Å²) in [7, 11) is 0. The zero-order valence-electron chi connectivity index (χ0n) is 16.5. The number of hydrogen-bond donors (Lipinski definition) is 3. The van der Waals surface area contributed by atoms with Gasteiger partial charge in [-0.25, -0.2) is 9.59 Å². The van der Waals surface area contributed by atoms with Gasteiger partial charge in [0.1, 0.15) is 6.04 Å². The Morgan fingerprint density at radius 2 is 1.93 bits per heavy atom. The Bertz CT molecular complexity index is 711. The quantitative estimate of drug-likeness (QED) is 0.534. The van der Waals surface area contributed by atoms with Crippen molar-refractivity contribution in [3.63, 3.8) is 0 Å². The molecule has 0 radical (unpaired) electrons. The molecule has 0 saturated carbocycles. The molecule has 1 aromatic carbocycles. The first-order valence-corrected chi connectivity index (χ1v) is 10.3. The van der Waals surface area contributed by atoms with E-state index in [1.54, 1.807) is 25.1 Å². The number of nitrogens with one attached hydrogen (secondary N) is 3. The lowest BCUT2D eigenvalue weighted by Gasteiger charge is -2.20. The highest BCUT2D eigenvalue weighted by atomic mass is 32.2. The summed E-state index contributed by atoms with van der Waals surface area (Å²) in [5.74, 6) is -1.25. The predicted octanol–water partition coefficient (Wildman–Crippen LogP) is 1.62. The van der Waals surface area contributed by atoms with E-state index in [-0.39, 0.29) is 0 Å². The minimum atomic E-state index is -1.18. The summed E-state index contributed by atoms with van der Waals surface area (Å²) >= 11 is 1.52. The monoisotopic (exact) mass is 409 g/mol. The molecule has 0 aliphatic carbocycles. The van der Waals surface area contributed by atoms with Gasteiger partial charge in [-0.05, 0) is 51.3 Å². The smallest absolute Gasteiger partial charge is 0.329 e. The summed E-state index contributed by atoms with van der Waals surface area (Å²) in [5.41, 5.74) is 1.36. The molecule has 28 heavy (non-hydrogen) atoms. The van der Waals surface area contributed by atoms with Gasteiger partial charge in [-0.1, -0.05) is 17.7 Å². The number of imide groups is 1. The summed E-state index contributed by atoms with van der Waals surface area (Å²) in [6.07, 6.45) is 1.05. The number of esters is 1. The molecule has 8 nitrogen and oxygen atoms in total. The molecule has 1 rings (SSSR count).